The highest BCUT2D eigenvalue weighted by molar-refractivity contribution is 6.32. The van der Waals surface area contributed by atoms with Gasteiger partial charge in [-0.2, -0.15) is 0 Å². The molecule has 0 aromatic carbocycles. The summed E-state index contributed by atoms with van der Waals surface area (Å²) in [6, 6.07) is 3.69. The van der Waals surface area contributed by atoms with E-state index in [0.717, 1.165) is 19.3 Å². The van der Waals surface area contributed by atoms with Gasteiger partial charge in [-0.05, 0) is 31.4 Å². The highest BCUT2D eigenvalue weighted by Gasteiger charge is 2.39. The molecule has 1 aromatic heterocycles. The summed E-state index contributed by atoms with van der Waals surface area (Å²) in [5, 5.41) is 0.281. The number of nitrogens with zero attached hydrogens (tertiary/aromatic N) is 2. The SMILES string of the molecule is O=C(c1cccnc1Cl)N1CCOC2CCCC21. The van der Waals surface area contributed by atoms with Crippen LogP contribution in [0.15, 0.2) is 18.3 Å². The Hall–Kier alpha value is -1.13. The van der Waals surface area contributed by atoms with Crippen LogP contribution >= 0.6 is 11.6 Å². The van der Waals surface area contributed by atoms with E-state index in [-0.39, 0.29) is 23.2 Å². The standard InChI is InChI=1S/C13H15ClN2O2/c14-12-9(3-2-6-15-12)13(17)16-7-8-18-11-5-1-4-10(11)16/h2-3,6,10-11H,1,4-5,7-8H2. The van der Waals surface area contributed by atoms with Crippen LogP contribution in [0.1, 0.15) is 29.6 Å². The number of aromatic nitrogens is 1. The first-order chi connectivity index (χ1) is 8.77. The zero-order chi connectivity index (χ0) is 12.5. The second-order valence-corrected chi connectivity index (χ2v) is 5.11. The fourth-order valence-corrected chi connectivity index (χ4v) is 3.08. The molecule has 1 saturated heterocycles. The van der Waals surface area contributed by atoms with Crippen molar-refractivity contribution in [1.82, 2.24) is 9.88 Å². The maximum absolute atomic E-state index is 12.5. The van der Waals surface area contributed by atoms with Crippen molar-refractivity contribution in [1.29, 1.82) is 0 Å². The van der Waals surface area contributed by atoms with Gasteiger partial charge >= 0.3 is 0 Å². The molecule has 2 unspecified atom stereocenters. The fourth-order valence-electron chi connectivity index (χ4n) is 2.88. The summed E-state index contributed by atoms with van der Waals surface area (Å²) in [4.78, 5) is 18.4. The number of amides is 1. The third kappa shape index (κ3) is 1.99. The smallest absolute Gasteiger partial charge is 0.257 e. The van der Waals surface area contributed by atoms with Gasteiger partial charge in [-0.3, -0.25) is 4.79 Å². The monoisotopic (exact) mass is 266 g/mol. The highest BCUT2D eigenvalue weighted by Crippen LogP contribution is 2.31. The lowest BCUT2D eigenvalue weighted by atomic mass is 10.1. The topological polar surface area (TPSA) is 42.4 Å². The minimum absolute atomic E-state index is 0.0201. The Bertz CT molecular complexity index is 466. The van der Waals surface area contributed by atoms with E-state index in [1.54, 1.807) is 18.3 Å². The van der Waals surface area contributed by atoms with E-state index in [1.165, 1.54) is 0 Å². The van der Waals surface area contributed by atoms with E-state index in [4.69, 9.17) is 16.3 Å². The van der Waals surface area contributed by atoms with Crippen molar-refractivity contribution in [2.24, 2.45) is 0 Å². The molecular weight excluding hydrogens is 252 g/mol. The Morgan fingerprint density at radius 2 is 2.39 bits per heavy atom. The van der Waals surface area contributed by atoms with Gasteiger partial charge in [0.05, 0.1) is 24.3 Å². The fraction of sp³-hybridized carbons (Fsp3) is 0.538. The summed E-state index contributed by atoms with van der Waals surface area (Å²) in [7, 11) is 0. The number of pyridine rings is 1. The molecule has 1 saturated carbocycles. The van der Waals surface area contributed by atoms with Crippen LogP contribution in [0.3, 0.4) is 0 Å². The van der Waals surface area contributed by atoms with Gasteiger partial charge < -0.3 is 9.64 Å². The van der Waals surface area contributed by atoms with E-state index in [1.807, 2.05) is 4.90 Å². The summed E-state index contributed by atoms with van der Waals surface area (Å²) in [5.41, 5.74) is 0.492. The number of ether oxygens (including phenoxy) is 1. The van der Waals surface area contributed by atoms with E-state index in [9.17, 15) is 4.79 Å². The number of carbonyl (C=O) groups excluding carboxylic acids is 1. The van der Waals surface area contributed by atoms with Crippen LogP contribution in [-0.4, -0.2) is 41.1 Å². The maximum atomic E-state index is 12.5. The van der Waals surface area contributed by atoms with Crippen LogP contribution in [0.2, 0.25) is 5.15 Å². The van der Waals surface area contributed by atoms with Gasteiger partial charge in [0.1, 0.15) is 5.15 Å². The minimum atomic E-state index is -0.0201. The Morgan fingerprint density at radius 1 is 1.50 bits per heavy atom. The number of morpholine rings is 1. The first kappa shape index (κ1) is 11.9. The quantitative estimate of drug-likeness (QED) is 0.732. The average molecular weight is 267 g/mol. The molecule has 1 amide bonds. The molecule has 0 bridgehead atoms. The van der Waals surface area contributed by atoms with Gasteiger partial charge in [-0.25, -0.2) is 4.98 Å². The number of halogens is 1. The first-order valence-electron chi connectivity index (χ1n) is 6.30. The summed E-state index contributed by atoms with van der Waals surface area (Å²) >= 11 is 5.99. The first-order valence-corrected chi connectivity index (χ1v) is 6.68. The third-order valence-corrected chi connectivity index (χ3v) is 4.03. The minimum Gasteiger partial charge on any atom is -0.374 e. The van der Waals surface area contributed by atoms with Gasteiger partial charge in [-0.15, -0.1) is 0 Å². The van der Waals surface area contributed by atoms with E-state index in [0.29, 0.717) is 18.7 Å². The molecule has 2 atom stereocenters. The Morgan fingerprint density at radius 3 is 3.22 bits per heavy atom. The largest absolute Gasteiger partial charge is 0.374 e. The van der Waals surface area contributed by atoms with Gasteiger partial charge in [0.25, 0.3) is 5.91 Å². The summed E-state index contributed by atoms with van der Waals surface area (Å²) in [6.07, 6.45) is 5.00. The van der Waals surface area contributed by atoms with Crippen LogP contribution < -0.4 is 0 Å². The number of fused-ring (bicyclic) bond motifs is 1. The van der Waals surface area contributed by atoms with Crippen molar-refractivity contribution in [3.63, 3.8) is 0 Å². The molecule has 1 aliphatic carbocycles. The maximum Gasteiger partial charge on any atom is 0.257 e. The summed E-state index contributed by atoms with van der Waals surface area (Å²) in [5.74, 6) is -0.0201. The summed E-state index contributed by atoms with van der Waals surface area (Å²) in [6.45, 7) is 1.26. The Balaban J connectivity index is 1.86. The van der Waals surface area contributed by atoms with Crippen molar-refractivity contribution < 1.29 is 9.53 Å². The molecule has 1 aromatic rings. The molecule has 1 aliphatic heterocycles. The molecule has 0 radical (unpaired) electrons. The lowest BCUT2D eigenvalue weighted by Gasteiger charge is -2.37. The van der Waals surface area contributed by atoms with Crippen molar-refractivity contribution in [2.75, 3.05) is 13.2 Å². The van der Waals surface area contributed by atoms with Crippen molar-refractivity contribution in [3.05, 3.63) is 29.0 Å². The molecule has 18 heavy (non-hydrogen) atoms. The van der Waals surface area contributed by atoms with E-state index in [2.05, 4.69) is 4.98 Å². The zero-order valence-electron chi connectivity index (χ0n) is 10.0. The third-order valence-electron chi connectivity index (χ3n) is 3.73. The molecular formula is C13H15ClN2O2. The van der Waals surface area contributed by atoms with Crippen LogP contribution in [0.25, 0.3) is 0 Å². The molecule has 3 rings (SSSR count). The van der Waals surface area contributed by atoms with Crippen LogP contribution in [0, 0.1) is 0 Å². The van der Waals surface area contributed by atoms with E-state index >= 15 is 0 Å². The number of rotatable bonds is 1. The molecule has 2 fully saturated rings. The Kier molecular flexibility index (Phi) is 3.22. The van der Waals surface area contributed by atoms with Gasteiger partial charge in [0.2, 0.25) is 0 Å². The van der Waals surface area contributed by atoms with Crippen LogP contribution in [-0.2, 0) is 4.74 Å². The molecule has 0 N–H and O–H groups in total. The van der Waals surface area contributed by atoms with Crippen LogP contribution in [0.5, 0.6) is 0 Å². The van der Waals surface area contributed by atoms with Crippen molar-refractivity contribution >= 4 is 17.5 Å². The Labute approximate surface area is 111 Å². The molecule has 96 valence electrons. The molecule has 5 heteroatoms. The van der Waals surface area contributed by atoms with Gasteiger partial charge in [-0.1, -0.05) is 11.6 Å². The van der Waals surface area contributed by atoms with Crippen molar-refractivity contribution in [2.45, 2.75) is 31.4 Å². The zero-order valence-corrected chi connectivity index (χ0v) is 10.8. The molecule has 4 nitrogen and oxygen atoms in total. The predicted octanol–water partition coefficient (Wildman–Crippen LogP) is 2.13. The second-order valence-electron chi connectivity index (χ2n) is 4.75. The van der Waals surface area contributed by atoms with E-state index < -0.39 is 0 Å². The summed E-state index contributed by atoms with van der Waals surface area (Å²) < 4.78 is 5.71. The molecule has 0 spiro atoms. The van der Waals surface area contributed by atoms with Crippen molar-refractivity contribution in [3.8, 4) is 0 Å². The van der Waals surface area contributed by atoms with Crippen LogP contribution in [0.4, 0.5) is 0 Å². The molecule has 2 heterocycles. The van der Waals surface area contributed by atoms with Gasteiger partial charge in [0.15, 0.2) is 0 Å². The predicted molar refractivity (Wildman–Crippen MR) is 67.7 cm³/mol. The lowest BCUT2D eigenvalue weighted by Crippen LogP contribution is -2.51. The number of carbonyl (C=O) groups is 1. The second kappa shape index (κ2) is 4.86. The normalized spacial score (nSPS) is 27.1. The number of hydrogen-bond acceptors (Lipinski definition) is 3. The number of hydrogen-bond donors (Lipinski definition) is 0. The molecule has 2 aliphatic rings. The average Bonchev–Trinajstić information content (AvgIpc) is 2.86. The van der Waals surface area contributed by atoms with Gasteiger partial charge in [0, 0.05) is 12.7 Å². The lowest BCUT2D eigenvalue weighted by molar-refractivity contribution is -0.0445. The highest BCUT2D eigenvalue weighted by atomic mass is 35.5.